The lowest BCUT2D eigenvalue weighted by Gasteiger charge is -2.28. The molecule has 0 aliphatic carbocycles. The zero-order chi connectivity index (χ0) is 22.8. The maximum atomic E-state index is 6.13. The molecule has 1 fully saturated rings. The van der Waals surface area contributed by atoms with Crippen LogP contribution in [-0.2, 0) is 0 Å². The summed E-state index contributed by atoms with van der Waals surface area (Å²) in [5.41, 5.74) is 5.78. The second-order valence-electron chi connectivity index (χ2n) is 8.62. The molecule has 7 heteroatoms. The van der Waals surface area contributed by atoms with Gasteiger partial charge in [0.05, 0.1) is 17.8 Å². The first kappa shape index (κ1) is 22.8. The minimum atomic E-state index is 0.00206. The first-order valence-corrected chi connectivity index (χ1v) is 11.7. The highest BCUT2D eigenvalue weighted by atomic mass is 35.5. The van der Waals surface area contributed by atoms with Gasteiger partial charge in [0.15, 0.2) is 5.11 Å². The SMILES string of the molecule is Cc1cc([C@@H]2[C@H](c3ccccn3)NC(=S)N2CCCN(C)C)c(C)n1-c1ccc(Cl)cc1. The number of pyridine rings is 1. The molecule has 168 valence electrons. The number of benzene rings is 1. The molecule has 0 saturated carbocycles. The van der Waals surface area contributed by atoms with Gasteiger partial charge in [0.2, 0.25) is 0 Å². The van der Waals surface area contributed by atoms with Gasteiger partial charge in [-0.1, -0.05) is 17.7 Å². The van der Waals surface area contributed by atoms with Gasteiger partial charge in [-0.2, -0.15) is 0 Å². The monoisotopic (exact) mass is 467 g/mol. The average molecular weight is 468 g/mol. The molecule has 0 radical (unpaired) electrons. The van der Waals surface area contributed by atoms with Crippen LogP contribution in [0.5, 0.6) is 0 Å². The van der Waals surface area contributed by atoms with Crippen molar-refractivity contribution in [3.05, 3.63) is 82.4 Å². The fourth-order valence-electron chi connectivity index (χ4n) is 4.62. The van der Waals surface area contributed by atoms with Crippen LogP contribution in [0, 0.1) is 13.8 Å². The first-order valence-electron chi connectivity index (χ1n) is 10.9. The Labute approximate surface area is 201 Å². The highest BCUT2D eigenvalue weighted by Gasteiger charge is 2.41. The Bertz CT molecular complexity index is 1080. The summed E-state index contributed by atoms with van der Waals surface area (Å²) in [6.07, 6.45) is 2.89. The molecular weight excluding hydrogens is 438 g/mol. The quantitative estimate of drug-likeness (QED) is 0.491. The number of rotatable bonds is 7. The zero-order valence-electron chi connectivity index (χ0n) is 19.0. The molecule has 1 aliphatic heterocycles. The van der Waals surface area contributed by atoms with Crippen LogP contribution in [0.4, 0.5) is 0 Å². The van der Waals surface area contributed by atoms with Gasteiger partial charge in [-0.15, -0.1) is 0 Å². The topological polar surface area (TPSA) is 36.3 Å². The summed E-state index contributed by atoms with van der Waals surface area (Å²) < 4.78 is 2.29. The molecule has 2 atom stereocenters. The number of nitrogens with one attached hydrogen (secondary N) is 1. The van der Waals surface area contributed by atoms with Gasteiger partial charge in [-0.3, -0.25) is 4.98 Å². The van der Waals surface area contributed by atoms with Crippen molar-refractivity contribution in [3.8, 4) is 5.69 Å². The summed E-state index contributed by atoms with van der Waals surface area (Å²) in [4.78, 5) is 9.21. The van der Waals surface area contributed by atoms with Gasteiger partial charge in [-0.25, -0.2) is 0 Å². The second kappa shape index (κ2) is 9.61. The van der Waals surface area contributed by atoms with E-state index in [1.54, 1.807) is 0 Å². The average Bonchev–Trinajstić information content (AvgIpc) is 3.25. The lowest BCUT2D eigenvalue weighted by molar-refractivity contribution is 0.292. The number of nitrogens with zero attached hydrogens (tertiary/aromatic N) is 4. The van der Waals surface area contributed by atoms with Crippen molar-refractivity contribution < 1.29 is 0 Å². The molecule has 0 spiro atoms. The number of thiocarbonyl (C=S) groups is 1. The molecule has 1 aromatic carbocycles. The molecule has 3 heterocycles. The Morgan fingerprint density at radius 1 is 1.12 bits per heavy atom. The van der Waals surface area contributed by atoms with E-state index in [0.29, 0.717) is 0 Å². The molecule has 1 aliphatic rings. The van der Waals surface area contributed by atoms with Crippen LogP contribution < -0.4 is 5.32 Å². The molecule has 5 nitrogen and oxygen atoms in total. The maximum Gasteiger partial charge on any atom is 0.170 e. The number of aryl methyl sites for hydroxylation is 1. The van der Waals surface area contributed by atoms with Gasteiger partial charge in [-0.05, 0) is 101 Å². The van der Waals surface area contributed by atoms with Crippen molar-refractivity contribution >= 4 is 28.9 Å². The van der Waals surface area contributed by atoms with Crippen LogP contribution in [0.25, 0.3) is 5.69 Å². The minimum absolute atomic E-state index is 0.00206. The predicted octanol–water partition coefficient (Wildman–Crippen LogP) is 5.07. The Kier molecular flexibility index (Phi) is 6.84. The number of aromatic nitrogens is 2. The molecule has 0 bridgehead atoms. The van der Waals surface area contributed by atoms with Gasteiger partial charge >= 0.3 is 0 Å². The highest BCUT2D eigenvalue weighted by Crippen LogP contribution is 2.41. The third-order valence-corrected chi connectivity index (χ3v) is 6.68. The van der Waals surface area contributed by atoms with E-state index in [0.717, 1.165) is 41.0 Å². The minimum Gasteiger partial charge on any atom is -0.352 e. The van der Waals surface area contributed by atoms with E-state index in [9.17, 15) is 0 Å². The third-order valence-electron chi connectivity index (χ3n) is 6.08. The van der Waals surface area contributed by atoms with E-state index in [4.69, 9.17) is 23.8 Å². The van der Waals surface area contributed by atoms with Crippen LogP contribution in [0.1, 0.15) is 41.1 Å². The molecular formula is C25H30ClN5S. The largest absolute Gasteiger partial charge is 0.352 e. The van der Waals surface area contributed by atoms with Crippen molar-refractivity contribution in [1.82, 2.24) is 24.7 Å². The molecule has 1 saturated heterocycles. The summed E-state index contributed by atoms with van der Waals surface area (Å²) in [7, 11) is 4.21. The van der Waals surface area contributed by atoms with Crippen LogP contribution in [0.2, 0.25) is 5.02 Å². The predicted molar refractivity (Wildman–Crippen MR) is 136 cm³/mol. The first-order chi connectivity index (χ1) is 15.4. The van der Waals surface area contributed by atoms with E-state index in [-0.39, 0.29) is 12.1 Å². The van der Waals surface area contributed by atoms with Crippen LogP contribution in [0.3, 0.4) is 0 Å². The van der Waals surface area contributed by atoms with Crippen molar-refractivity contribution in [2.24, 2.45) is 0 Å². The molecule has 0 unspecified atom stereocenters. The fourth-order valence-corrected chi connectivity index (χ4v) is 5.07. The highest BCUT2D eigenvalue weighted by molar-refractivity contribution is 7.80. The molecule has 3 aromatic rings. The van der Waals surface area contributed by atoms with Gasteiger partial charge in [0.25, 0.3) is 0 Å². The van der Waals surface area contributed by atoms with E-state index in [1.807, 2.05) is 30.5 Å². The maximum absolute atomic E-state index is 6.13. The lowest BCUT2D eigenvalue weighted by atomic mass is 9.96. The summed E-state index contributed by atoms with van der Waals surface area (Å²) in [6, 6.07) is 16.4. The summed E-state index contributed by atoms with van der Waals surface area (Å²) in [5.74, 6) is 0. The Balaban J connectivity index is 1.76. The number of halogens is 1. The van der Waals surface area contributed by atoms with Gasteiger partial charge in [0, 0.05) is 34.8 Å². The standard InChI is InChI=1S/C25H30ClN5S/c1-17-16-21(18(2)31(17)20-11-9-19(26)10-12-20)24-23(22-8-5-6-13-27-22)28-25(32)30(24)15-7-14-29(3)4/h5-6,8-13,16,23-24H,7,14-15H2,1-4H3,(H,28,32)/t23-,24+/m0/s1. The van der Waals surface area contributed by atoms with E-state index >= 15 is 0 Å². The summed E-state index contributed by atoms with van der Waals surface area (Å²) in [5, 5.41) is 5.10. The van der Waals surface area contributed by atoms with Crippen LogP contribution in [-0.4, -0.2) is 51.6 Å². The Hall–Kier alpha value is -2.41. The van der Waals surface area contributed by atoms with Gasteiger partial charge < -0.3 is 19.7 Å². The normalized spacial score (nSPS) is 18.4. The zero-order valence-corrected chi connectivity index (χ0v) is 20.6. The van der Waals surface area contributed by atoms with Crippen molar-refractivity contribution in [2.75, 3.05) is 27.2 Å². The number of hydrogen-bond acceptors (Lipinski definition) is 3. The molecule has 0 amide bonds. The Morgan fingerprint density at radius 3 is 2.53 bits per heavy atom. The van der Waals surface area contributed by atoms with E-state index in [1.165, 1.54) is 17.0 Å². The van der Waals surface area contributed by atoms with Crippen molar-refractivity contribution in [2.45, 2.75) is 32.4 Å². The van der Waals surface area contributed by atoms with Crippen LogP contribution >= 0.6 is 23.8 Å². The molecule has 4 rings (SSSR count). The molecule has 32 heavy (non-hydrogen) atoms. The lowest BCUT2D eigenvalue weighted by Crippen LogP contribution is -2.32. The van der Waals surface area contributed by atoms with Crippen LogP contribution in [0.15, 0.2) is 54.7 Å². The van der Waals surface area contributed by atoms with Crippen molar-refractivity contribution in [3.63, 3.8) is 0 Å². The summed E-state index contributed by atoms with van der Waals surface area (Å²) >= 11 is 11.9. The second-order valence-corrected chi connectivity index (χ2v) is 9.44. The van der Waals surface area contributed by atoms with E-state index < -0.39 is 0 Å². The molecule has 1 N–H and O–H groups in total. The van der Waals surface area contributed by atoms with Gasteiger partial charge in [0.1, 0.15) is 0 Å². The number of hydrogen-bond donors (Lipinski definition) is 1. The van der Waals surface area contributed by atoms with E-state index in [2.05, 4.69) is 76.9 Å². The Morgan fingerprint density at radius 2 is 1.88 bits per heavy atom. The smallest absolute Gasteiger partial charge is 0.170 e. The fraction of sp³-hybridized carbons (Fsp3) is 0.360. The summed E-state index contributed by atoms with van der Waals surface area (Å²) in [6.45, 7) is 6.25. The molecule has 2 aromatic heterocycles. The van der Waals surface area contributed by atoms with Crippen molar-refractivity contribution in [1.29, 1.82) is 0 Å². The third kappa shape index (κ3) is 4.53.